The summed E-state index contributed by atoms with van der Waals surface area (Å²) in [6.07, 6.45) is 0. The van der Waals surface area contributed by atoms with Crippen LogP contribution in [0.3, 0.4) is 0 Å². The first kappa shape index (κ1) is 15.7. The van der Waals surface area contributed by atoms with Gasteiger partial charge in [0.15, 0.2) is 0 Å². The number of esters is 1. The van der Waals surface area contributed by atoms with Gasteiger partial charge in [0.1, 0.15) is 18.2 Å². The first-order chi connectivity index (χ1) is 11.6. The largest absolute Gasteiger partial charge is 0.508 e. The standard InChI is InChI=1S/C20H15FO3/c21-18-3-1-2-14(12-18)13-24-20(23)17-6-4-15(5-7-17)16-8-10-19(22)11-9-16/h1-12,22H,13H2. The van der Waals surface area contributed by atoms with Crippen LogP contribution in [0, 0.1) is 5.82 Å². The summed E-state index contributed by atoms with van der Waals surface area (Å²) < 4.78 is 18.3. The quantitative estimate of drug-likeness (QED) is 0.717. The molecule has 0 spiro atoms. The summed E-state index contributed by atoms with van der Waals surface area (Å²) in [6.45, 7) is 0.0241. The predicted molar refractivity (Wildman–Crippen MR) is 89.1 cm³/mol. The van der Waals surface area contributed by atoms with E-state index in [0.717, 1.165) is 11.1 Å². The Hall–Kier alpha value is -3.14. The molecule has 0 heterocycles. The first-order valence-electron chi connectivity index (χ1n) is 7.43. The molecule has 3 nitrogen and oxygen atoms in total. The molecule has 0 amide bonds. The average molecular weight is 322 g/mol. The van der Waals surface area contributed by atoms with Crippen LogP contribution >= 0.6 is 0 Å². The third-order valence-corrected chi connectivity index (χ3v) is 3.58. The lowest BCUT2D eigenvalue weighted by molar-refractivity contribution is 0.0472. The van der Waals surface area contributed by atoms with Gasteiger partial charge in [-0.3, -0.25) is 0 Å². The molecule has 0 radical (unpaired) electrons. The summed E-state index contributed by atoms with van der Waals surface area (Å²) in [5, 5.41) is 9.31. The summed E-state index contributed by atoms with van der Waals surface area (Å²) in [5.41, 5.74) is 2.89. The predicted octanol–water partition coefficient (Wildman–Crippen LogP) is 4.56. The summed E-state index contributed by atoms with van der Waals surface area (Å²) in [4.78, 5) is 12.0. The van der Waals surface area contributed by atoms with Crippen molar-refractivity contribution in [1.29, 1.82) is 0 Å². The molecule has 0 fully saturated rings. The van der Waals surface area contributed by atoms with E-state index >= 15 is 0 Å². The fourth-order valence-electron chi connectivity index (χ4n) is 2.31. The minimum atomic E-state index is -0.462. The molecule has 0 bridgehead atoms. The van der Waals surface area contributed by atoms with Crippen molar-refractivity contribution in [3.05, 3.63) is 89.7 Å². The van der Waals surface area contributed by atoms with Crippen molar-refractivity contribution < 1.29 is 19.0 Å². The zero-order valence-electron chi connectivity index (χ0n) is 12.8. The molecule has 3 aromatic rings. The summed E-state index contributed by atoms with van der Waals surface area (Å²) in [6, 6.07) is 19.7. The van der Waals surface area contributed by atoms with Crippen LogP contribution in [-0.2, 0) is 11.3 Å². The highest BCUT2D eigenvalue weighted by Gasteiger charge is 2.08. The van der Waals surface area contributed by atoms with Crippen LogP contribution in [0.5, 0.6) is 5.75 Å². The number of benzene rings is 3. The summed E-state index contributed by atoms with van der Waals surface area (Å²) in [7, 11) is 0. The molecule has 0 atom stereocenters. The summed E-state index contributed by atoms with van der Waals surface area (Å²) >= 11 is 0. The SMILES string of the molecule is O=C(OCc1cccc(F)c1)c1ccc(-c2ccc(O)cc2)cc1. The van der Waals surface area contributed by atoms with Crippen molar-refractivity contribution in [3.8, 4) is 16.9 Å². The second kappa shape index (κ2) is 6.96. The average Bonchev–Trinajstić information content (AvgIpc) is 2.61. The van der Waals surface area contributed by atoms with Gasteiger partial charge in [-0.1, -0.05) is 36.4 Å². The number of phenols is 1. The number of carbonyl (C=O) groups is 1. The van der Waals surface area contributed by atoms with Gasteiger partial charge in [-0.05, 0) is 53.1 Å². The Morgan fingerprint density at radius 3 is 2.17 bits per heavy atom. The Balaban J connectivity index is 1.66. The first-order valence-corrected chi connectivity index (χ1v) is 7.43. The maximum Gasteiger partial charge on any atom is 0.338 e. The number of halogens is 1. The van der Waals surface area contributed by atoms with Gasteiger partial charge >= 0.3 is 5.97 Å². The Kier molecular flexibility index (Phi) is 4.57. The smallest absolute Gasteiger partial charge is 0.338 e. The lowest BCUT2D eigenvalue weighted by Gasteiger charge is -2.07. The highest BCUT2D eigenvalue weighted by atomic mass is 19.1. The number of rotatable bonds is 4. The van der Waals surface area contributed by atoms with Crippen LogP contribution < -0.4 is 0 Å². The molecule has 0 aliphatic rings. The van der Waals surface area contributed by atoms with E-state index in [1.165, 1.54) is 12.1 Å². The molecule has 0 unspecified atom stereocenters. The minimum absolute atomic E-state index is 0.0241. The lowest BCUT2D eigenvalue weighted by Crippen LogP contribution is -2.05. The van der Waals surface area contributed by atoms with Gasteiger partial charge in [0, 0.05) is 0 Å². The molecule has 0 saturated carbocycles. The van der Waals surface area contributed by atoms with E-state index in [1.54, 1.807) is 48.5 Å². The van der Waals surface area contributed by atoms with E-state index in [9.17, 15) is 14.3 Å². The van der Waals surface area contributed by atoms with Gasteiger partial charge in [0.05, 0.1) is 5.56 Å². The molecule has 0 saturated heterocycles. The van der Waals surface area contributed by atoms with Gasteiger partial charge in [-0.15, -0.1) is 0 Å². The van der Waals surface area contributed by atoms with Crippen LogP contribution in [-0.4, -0.2) is 11.1 Å². The number of aromatic hydroxyl groups is 1. The van der Waals surface area contributed by atoms with Gasteiger partial charge in [0.25, 0.3) is 0 Å². The fourth-order valence-corrected chi connectivity index (χ4v) is 2.31. The summed E-state index contributed by atoms with van der Waals surface area (Å²) in [5.74, 6) is -0.616. The maximum atomic E-state index is 13.1. The minimum Gasteiger partial charge on any atom is -0.508 e. The molecular formula is C20H15FO3. The fraction of sp³-hybridized carbons (Fsp3) is 0.0500. The lowest BCUT2D eigenvalue weighted by atomic mass is 10.0. The number of ether oxygens (including phenoxy) is 1. The third kappa shape index (κ3) is 3.79. The topological polar surface area (TPSA) is 46.5 Å². The molecule has 1 N–H and O–H groups in total. The van der Waals surface area contributed by atoms with Crippen LogP contribution in [0.15, 0.2) is 72.8 Å². The van der Waals surface area contributed by atoms with Crippen molar-refractivity contribution in [1.82, 2.24) is 0 Å². The Morgan fingerprint density at radius 1 is 0.917 bits per heavy atom. The number of hydrogen-bond donors (Lipinski definition) is 1. The van der Waals surface area contributed by atoms with Crippen LogP contribution in [0.4, 0.5) is 4.39 Å². The van der Waals surface area contributed by atoms with Crippen molar-refractivity contribution in [2.75, 3.05) is 0 Å². The number of carbonyl (C=O) groups excluding carboxylic acids is 1. The van der Waals surface area contributed by atoms with Gasteiger partial charge in [-0.25, -0.2) is 9.18 Å². The normalized spacial score (nSPS) is 10.4. The van der Waals surface area contributed by atoms with Crippen molar-refractivity contribution in [2.45, 2.75) is 6.61 Å². The number of phenolic OH excluding ortho intramolecular Hbond substituents is 1. The molecule has 4 heteroatoms. The van der Waals surface area contributed by atoms with Gasteiger partial charge in [-0.2, -0.15) is 0 Å². The Labute approximate surface area is 139 Å². The zero-order valence-corrected chi connectivity index (χ0v) is 12.8. The highest BCUT2D eigenvalue weighted by molar-refractivity contribution is 5.90. The van der Waals surface area contributed by atoms with Crippen LogP contribution in [0.2, 0.25) is 0 Å². The van der Waals surface area contributed by atoms with Crippen LogP contribution in [0.1, 0.15) is 15.9 Å². The van der Waals surface area contributed by atoms with E-state index in [-0.39, 0.29) is 18.2 Å². The molecule has 0 aromatic heterocycles. The monoisotopic (exact) mass is 322 g/mol. The van der Waals surface area contributed by atoms with Gasteiger partial charge in [0.2, 0.25) is 0 Å². The van der Waals surface area contributed by atoms with E-state index < -0.39 is 5.97 Å². The Morgan fingerprint density at radius 2 is 1.54 bits per heavy atom. The second-order valence-electron chi connectivity index (χ2n) is 5.33. The Bertz CT molecular complexity index is 840. The van der Waals surface area contributed by atoms with Crippen molar-refractivity contribution >= 4 is 5.97 Å². The molecule has 3 aromatic carbocycles. The second-order valence-corrected chi connectivity index (χ2v) is 5.33. The zero-order chi connectivity index (χ0) is 16.9. The van der Waals surface area contributed by atoms with Crippen molar-refractivity contribution in [3.63, 3.8) is 0 Å². The van der Waals surface area contributed by atoms with Crippen molar-refractivity contribution in [2.24, 2.45) is 0 Å². The van der Waals surface area contributed by atoms with Gasteiger partial charge < -0.3 is 9.84 Å². The van der Waals surface area contributed by atoms with E-state index in [2.05, 4.69) is 0 Å². The molecule has 0 aliphatic heterocycles. The molecule has 120 valence electrons. The number of hydrogen-bond acceptors (Lipinski definition) is 3. The van der Waals surface area contributed by atoms with E-state index in [0.29, 0.717) is 11.1 Å². The maximum absolute atomic E-state index is 13.1. The highest BCUT2D eigenvalue weighted by Crippen LogP contribution is 2.22. The molecule has 3 rings (SSSR count). The third-order valence-electron chi connectivity index (χ3n) is 3.58. The molecule has 0 aliphatic carbocycles. The molecular weight excluding hydrogens is 307 g/mol. The van der Waals surface area contributed by atoms with Crippen LogP contribution in [0.25, 0.3) is 11.1 Å². The van der Waals surface area contributed by atoms with E-state index in [4.69, 9.17) is 4.74 Å². The molecule has 24 heavy (non-hydrogen) atoms. The van der Waals surface area contributed by atoms with E-state index in [1.807, 2.05) is 12.1 Å².